The van der Waals surface area contributed by atoms with Gasteiger partial charge in [-0.05, 0) is 30.5 Å². The SMILES string of the molecule is CC(Nc1ccccc1SCC(N)=O)c1cccs1. The van der Waals surface area contributed by atoms with Gasteiger partial charge in [-0.25, -0.2) is 0 Å². The van der Waals surface area contributed by atoms with Crippen LogP contribution in [-0.2, 0) is 4.79 Å². The average molecular weight is 292 g/mol. The summed E-state index contributed by atoms with van der Waals surface area (Å²) in [4.78, 5) is 13.2. The zero-order valence-electron chi connectivity index (χ0n) is 10.6. The zero-order chi connectivity index (χ0) is 13.7. The number of rotatable bonds is 6. The second-order valence-corrected chi connectivity index (χ2v) is 6.13. The summed E-state index contributed by atoms with van der Waals surface area (Å²) in [5, 5.41) is 5.54. The van der Waals surface area contributed by atoms with Gasteiger partial charge >= 0.3 is 0 Å². The largest absolute Gasteiger partial charge is 0.377 e. The summed E-state index contributed by atoms with van der Waals surface area (Å²) in [7, 11) is 0. The number of thiophene rings is 1. The smallest absolute Gasteiger partial charge is 0.227 e. The third-order valence-corrected chi connectivity index (χ3v) is 4.75. The molecule has 0 aliphatic carbocycles. The van der Waals surface area contributed by atoms with E-state index in [1.165, 1.54) is 16.6 Å². The number of hydrogen-bond acceptors (Lipinski definition) is 4. The Bertz CT molecular complexity index is 540. The Morgan fingerprint density at radius 1 is 1.37 bits per heavy atom. The maximum absolute atomic E-state index is 10.9. The lowest BCUT2D eigenvalue weighted by Crippen LogP contribution is -2.13. The molecular weight excluding hydrogens is 276 g/mol. The van der Waals surface area contributed by atoms with E-state index in [2.05, 4.69) is 23.7 Å². The van der Waals surface area contributed by atoms with Crippen molar-refractivity contribution < 1.29 is 4.79 Å². The van der Waals surface area contributed by atoms with E-state index >= 15 is 0 Å². The molecule has 5 heteroatoms. The van der Waals surface area contributed by atoms with Crippen molar-refractivity contribution >= 4 is 34.7 Å². The Kier molecular flexibility index (Phi) is 4.87. The highest BCUT2D eigenvalue weighted by molar-refractivity contribution is 8.00. The summed E-state index contributed by atoms with van der Waals surface area (Å²) in [5.74, 6) is -0.00220. The van der Waals surface area contributed by atoms with E-state index in [1.807, 2.05) is 30.3 Å². The predicted molar refractivity (Wildman–Crippen MR) is 82.7 cm³/mol. The van der Waals surface area contributed by atoms with Crippen LogP contribution in [0.5, 0.6) is 0 Å². The van der Waals surface area contributed by atoms with Crippen molar-refractivity contribution in [1.29, 1.82) is 0 Å². The molecule has 0 aliphatic heterocycles. The highest BCUT2D eigenvalue weighted by Gasteiger charge is 2.09. The molecule has 19 heavy (non-hydrogen) atoms. The molecule has 1 aromatic heterocycles. The second-order valence-electron chi connectivity index (χ2n) is 4.13. The molecule has 0 saturated heterocycles. The number of nitrogens with one attached hydrogen (secondary N) is 1. The maximum Gasteiger partial charge on any atom is 0.227 e. The van der Waals surface area contributed by atoms with Crippen LogP contribution in [0.1, 0.15) is 17.8 Å². The van der Waals surface area contributed by atoms with Gasteiger partial charge in [0.1, 0.15) is 0 Å². The van der Waals surface area contributed by atoms with Crippen LogP contribution in [0.4, 0.5) is 5.69 Å². The third kappa shape index (κ3) is 4.01. The molecule has 0 radical (unpaired) electrons. The van der Waals surface area contributed by atoms with Gasteiger partial charge in [-0.2, -0.15) is 0 Å². The lowest BCUT2D eigenvalue weighted by molar-refractivity contribution is -0.115. The summed E-state index contributed by atoms with van der Waals surface area (Å²) < 4.78 is 0. The highest BCUT2D eigenvalue weighted by Crippen LogP contribution is 2.30. The minimum Gasteiger partial charge on any atom is -0.377 e. The van der Waals surface area contributed by atoms with Crippen LogP contribution in [0.25, 0.3) is 0 Å². The normalized spacial score (nSPS) is 12.1. The lowest BCUT2D eigenvalue weighted by atomic mass is 10.2. The van der Waals surface area contributed by atoms with Crippen LogP contribution in [0.15, 0.2) is 46.7 Å². The standard InChI is InChI=1S/C14H16N2OS2/c1-10(12-7-4-8-18-12)16-11-5-2-3-6-13(11)19-9-14(15)17/h2-8,10,16H,9H2,1H3,(H2,15,17). The molecule has 0 aliphatic rings. The third-order valence-electron chi connectivity index (χ3n) is 2.60. The van der Waals surface area contributed by atoms with Crippen molar-refractivity contribution in [3.63, 3.8) is 0 Å². The number of anilines is 1. The van der Waals surface area contributed by atoms with E-state index in [1.54, 1.807) is 11.3 Å². The van der Waals surface area contributed by atoms with Gasteiger partial charge < -0.3 is 11.1 Å². The molecule has 2 rings (SSSR count). The van der Waals surface area contributed by atoms with Crippen molar-refractivity contribution in [3.05, 3.63) is 46.7 Å². The van der Waals surface area contributed by atoms with Gasteiger partial charge in [0.05, 0.1) is 11.8 Å². The summed E-state index contributed by atoms with van der Waals surface area (Å²) in [6.07, 6.45) is 0. The van der Waals surface area contributed by atoms with Gasteiger partial charge in [0.25, 0.3) is 0 Å². The second kappa shape index (κ2) is 6.63. The van der Waals surface area contributed by atoms with Crippen LogP contribution in [0.3, 0.4) is 0 Å². The summed E-state index contributed by atoms with van der Waals surface area (Å²) in [6.45, 7) is 2.13. The van der Waals surface area contributed by atoms with Gasteiger partial charge in [-0.15, -0.1) is 23.1 Å². The Morgan fingerprint density at radius 2 is 2.16 bits per heavy atom. The van der Waals surface area contributed by atoms with Crippen LogP contribution in [0.2, 0.25) is 0 Å². The van der Waals surface area contributed by atoms with Crippen LogP contribution in [0, 0.1) is 0 Å². The number of thioether (sulfide) groups is 1. The number of primary amides is 1. The Morgan fingerprint density at radius 3 is 2.84 bits per heavy atom. The quantitative estimate of drug-likeness (QED) is 0.801. The van der Waals surface area contributed by atoms with Gasteiger partial charge in [0.15, 0.2) is 0 Å². The Labute approximate surface area is 121 Å². The molecule has 0 bridgehead atoms. The summed E-state index contributed by atoms with van der Waals surface area (Å²) in [6, 6.07) is 12.4. The monoisotopic (exact) mass is 292 g/mol. The molecule has 1 amide bonds. The number of para-hydroxylation sites is 1. The van der Waals surface area contributed by atoms with Crippen molar-refractivity contribution in [1.82, 2.24) is 0 Å². The first-order chi connectivity index (χ1) is 9.16. The molecule has 3 N–H and O–H groups in total. The molecule has 0 spiro atoms. The number of carbonyl (C=O) groups excluding carboxylic acids is 1. The Hall–Kier alpha value is -1.46. The minimum atomic E-state index is -0.300. The average Bonchev–Trinajstić information content (AvgIpc) is 2.91. The number of carbonyl (C=O) groups is 1. The van der Waals surface area contributed by atoms with Crippen molar-refractivity contribution in [2.75, 3.05) is 11.1 Å². The number of amides is 1. The molecule has 0 saturated carbocycles. The zero-order valence-corrected chi connectivity index (χ0v) is 12.3. The molecular formula is C14H16N2OS2. The highest BCUT2D eigenvalue weighted by atomic mass is 32.2. The fraction of sp³-hybridized carbons (Fsp3) is 0.214. The van der Waals surface area contributed by atoms with E-state index in [4.69, 9.17) is 5.73 Å². The molecule has 3 nitrogen and oxygen atoms in total. The molecule has 1 aromatic carbocycles. The maximum atomic E-state index is 10.9. The number of benzene rings is 1. The molecule has 1 unspecified atom stereocenters. The van der Waals surface area contributed by atoms with E-state index in [9.17, 15) is 4.79 Å². The summed E-state index contributed by atoms with van der Waals surface area (Å²) in [5.41, 5.74) is 6.23. The summed E-state index contributed by atoms with van der Waals surface area (Å²) >= 11 is 3.19. The van der Waals surface area contributed by atoms with Gasteiger partial charge in [0.2, 0.25) is 5.91 Å². The van der Waals surface area contributed by atoms with Crippen molar-refractivity contribution in [2.45, 2.75) is 17.9 Å². The van der Waals surface area contributed by atoms with E-state index in [0.29, 0.717) is 5.75 Å². The first-order valence-corrected chi connectivity index (χ1v) is 7.83. The number of nitrogens with two attached hydrogens (primary N) is 1. The fourth-order valence-electron chi connectivity index (χ4n) is 1.70. The molecule has 2 aromatic rings. The fourth-order valence-corrected chi connectivity index (χ4v) is 3.19. The molecule has 1 atom stereocenters. The van der Waals surface area contributed by atoms with Crippen LogP contribution in [-0.4, -0.2) is 11.7 Å². The van der Waals surface area contributed by atoms with E-state index in [-0.39, 0.29) is 11.9 Å². The minimum absolute atomic E-state index is 0.246. The van der Waals surface area contributed by atoms with Gasteiger partial charge in [-0.1, -0.05) is 18.2 Å². The predicted octanol–water partition coefficient (Wildman–Crippen LogP) is 3.50. The topological polar surface area (TPSA) is 55.1 Å². The first kappa shape index (κ1) is 14.0. The van der Waals surface area contributed by atoms with E-state index in [0.717, 1.165) is 10.6 Å². The molecule has 100 valence electrons. The lowest BCUT2D eigenvalue weighted by Gasteiger charge is -2.16. The first-order valence-electron chi connectivity index (χ1n) is 5.97. The van der Waals surface area contributed by atoms with Crippen LogP contribution >= 0.6 is 23.1 Å². The van der Waals surface area contributed by atoms with E-state index < -0.39 is 0 Å². The Balaban J connectivity index is 2.09. The van der Waals surface area contributed by atoms with Gasteiger partial charge in [0, 0.05) is 15.5 Å². The number of hydrogen-bond donors (Lipinski definition) is 2. The van der Waals surface area contributed by atoms with Crippen molar-refractivity contribution in [2.24, 2.45) is 5.73 Å². The van der Waals surface area contributed by atoms with Crippen LogP contribution < -0.4 is 11.1 Å². The van der Waals surface area contributed by atoms with Gasteiger partial charge in [-0.3, -0.25) is 4.79 Å². The molecule has 0 fully saturated rings. The molecule has 1 heterocycles. The van der Waals surface area contributed by atoms with Crippen molar-refractivity contribution in [3.8, 4) is 0 Å².